The van der Waals surface area contributed by atoms with Gasteiger partial charge in [0.25, 0.3) is 0 Å². The van der Waals surface area contributed by atoms with E-state index >= 15 is 0 Å². The van der Waals surface area contributed by atoms with Crippen molar-refractivity contribution in [3.05, 3.63) is 23.4 Å². The lowest BCUT2D eigenvalue weighted by Crippen LogP contribution is -2.52. The molecule has 2 unspecified atom stereocenters. The Hall–Kier alpha value is -1.33. The van der Waals surface area contributed by atoms with E-state index in [1.54, 1.807) is 6.20 Å². The summed E-state index contributed by atoms with van der Waals surface area (Å²) in [6, 6.07) is 3.82. The first-order valence-corrected chi connectivity index (χ1v) is 7.94. The number of carbonyl (C=O) groups is 1. The molecule has 6 heteroatoms. The van der Waals surface area contributed by atoms with Crippen molar-refractivity contribution in [2.75, 3.05) is 31.1 Å². The van der Waals surface area contributed by atoms with Gasteiger partial charge in [0.15, 0.2) is 0 Å². The standard InChI is InChI=1S/C15H21ClN4O/c16-11-4-5-14(18-10-11)19-6-8-20(9-7-19)15(21)12-2-1-3-13(12)17/h4-5,10,12-13H,1-3,6-9,17H2. The zero-order valence-corrected chi connectivity index (χ0v) is 12.8. The summed E-state index contributed by atoms with van der Waals surface area (Å²) in [5.41, 5.74) is 6.04. The van der Waals surface area contributed by atoms with Crippen LogP contribution in [0.1, 0.15) is 19.3 Å². The number of nitrogens with two attached hydrogens (primary N) is 1. The fraction of sp³-hybridized carbons (Fsp3) is 0.600. The maximum atomic E-state index is 12.5. The summed E-state index contributed by atoms with van der Waals surface area (Å²) in [7, 11) is 0. The van der Waals surface area contributed by atoms with Crippen LogP contribution in [0.5, 0.6) is 0 Å². The van der Waals surface area contributed by atoms with Gasteiger partial charge in [0.05, 0.1) is 10.9 Å². The van der Waals surface area contributed by atoms with Crippen molar-refractivity contribution in [1.82, 2.24) is 9.88 Å². The number of pyridine rings is 1. The molecule has 2 aliphatic rings. The number of aromatic nitrogens is 1. The van der Waals surface area contributed by atoms with Crippen molar-refractivity contribution >= 4 is 23.3 Å². The molecule has 1 aromatic rings. The van der Waals surface area contributed by atoms with E-state index in [4.69, 9.17) is 17.3 Å². The van der Waals surface area contributed by atoms with Crippen LogP contribution in [-0.2, 0) is 4.79 Å². The van der Waals surface area contributed by atoms with Gasteiger partial charge >= 0.3 is 0 Å². The van der Waals surface area contributed by atoms with Crippen LogP contribution in [0, 0.1) is 5.92 Å². The van der Waals surface area contributed by atoms with E-state index in [-0.39, 0.29) is 17.9 Å². The monoisotopic (exact) mass is 308 g/mol. The highest BCUT2D eigenvalue weighted by Crippen LogP contribution is 2.26. The highest BCUT2D eigenvalue weighted by molar-refractivity contribution is 6.30. The second kappa shape index (κ2) is 6.20. The molecule has 0 aromatic carbocycles. The summed E-state index contributed by atoms with van der Waals surface area (Å²) in [6.07, 6.45) is 4.65. The number of nitrogens with zero attached hydrogens (tertiary/aromatic N) is 3. The van der Waals surface area contributed by atoms with Crippen molar-refractivity contribution in [3.63, 3.8) is 0 Å². The Morgan fingerprint density at radius 3 is 2.57 bits per heavy atom. The maximum Gasteiger partial charge on any atom is 0.227 e. The van der Waals surface area contributed by atoms with Crippen LogP contribution < -0.4 is 10.6 Å². The van der Waals surface area contributed by atoms with Gasteiger partial charge in [-0.15, -0.1) is 0 Å². The minimum atomic E-state index is 0.0326. The highest BCUT2D eigenvalue weighted by Gasteiger charge is 2.34. The molecule has 0 bridgehead atoms. The topological polar surface area (TPSA) is 62.5 Å². The Kier molecular flexibility index (Phi) is 4.31. The molecule has 21 heavy (non-hydrogen) atoms. The molecule has 2 heterocycles. The SMILES string of the molecule is NC1CCCC1C(=O)N1CCN(c2ccc(Cl)cn2)CC1. The van der Waals surface area contributed by atoms with E-state index in [1.807, 2.05) is 17.0 Å². The molecule has 1 saturated heterocycles. The van der Waals surface area contributed by atoms with Gasteiger partial charge in [-0.3, -0.25) is 4.79 Å². The molecule has 114 valence electrons. The second-order valence-electron chi connectivity index (χ2n) is 5.85. The number of hydrogen-bond donors (Lipinski definition) is 1. The van der Waals surface area contributed by atoms with E-state index in [1.165, 1.54) is 0 Å². The van der Waals surface area contributed by atoms with Gasteiger partial charge in [0, 0.05) is 38.4 Å². The minimum absolute atomic E-state index is 0.0326. The quantitative estimate of drug-likeness (QED) is 0.899. The van der Waals surface area contributed by atoms with Crippen LogP contribution in [0.3, 0.4) is 0 Å². The van der Waals surface area contributed by atoms with E-state index < -0.39 is 0 Å². The van der Waals surface area contributed by atoms with Crippen molar-refractivity contribution < 1.29 is 4.79 Å². The summed E-state index contributed by atoms with van der Waals surface area (Å²) >= 11 is 5.86. The van der Waals surface area contributed by atoms with Crippen LogP contribution in [0.4, 0.5) is 5.82 Å². The Balaban J connectivity index is 1.57. The number of rotatable bonds is 2. The molecule has 1 aliphatic heterocycles. The molecule has 5 nitrogen and oxygen atoms in total. The van der Waals surface area contributed by atoms with Crippen LogP contribution >= 0.6 is 11.6 Å². The molecule has 2 fully saturated rings. The van der Waals surface area contributed by atoms with Gasteiger partial charge in [-0.2, -0.15) is 0 Å². The van der Waals surface area contributed by atoms with Crippen LogP contribution in [-0.4, -0.2) is 48.0 Å². The molecule has 2 atom stereocenters. The van der Waals surface area contributed by atoms with Crippen molar-refractivity contribution in [3.8, 4) is 0 Å². The van der Waals surface area contributed by atoms with Crippen molar-refractivity contribution in [1.29, 1.82) is 0 Å². The predicted octanol–water partition coefficient (Wildman–Crippen LogP) is 1.51. The predicted molar refractivity (Wildman–Crippen MR) is 83.4 cm³/mol. The third-order valence-electron chi connectivity index (χ3n) is 4.51. The number of halogens is 1. The smallest absolute Gasteiger partial charge is 0.227 e. The summed E-state index contributed by atoms with van der Waals surface area (Å²) in [5, 5.41) is 0.641. The highest BCUT2D eigenvalue weighted by atomic mass is 35.5. The molecule has 2 N–H and O–H groups in total. The number of hydrogen-bond acceptors (Lipinski definition) is 4. The molecule has 1 amide bonds. The van der Waals surface area contributed by atoms with Crippen molar-refractivity contribution in [2.45, 2.75) is 25.3 Å². The summed E-state index contributed by atoms with van der Waals surface area (Å²) in [5.74, 6) is 1.19. The van der Waals surface area contributed by atoms with Gasteiger partial charge < -0.3 is 15.5 Å². The number of carbonyl (C=O) groups excluding carboxylic acids is 1. The average Bonchev–Trinajstić information content (AvgIpc) is 2.94. The first kappa shape index (κ1) is 14.6. The van der Waals surface area contributed by atoms with Crippen molar-refractivity contribution in [2.24, 2.45) is 11.7 Å². The Morgan fingerprint density at radius 2 is 2.00 bits per heavy atom. The van der Waals surface area contributed by atoms with E-state index in [2.05, 4.69) is 9.88 Å². The van der Waals surface area contributed by atoms with Gasteiger partial charge in [-0.25, -0.2) is 4.98 Å². The first-order valence-electron chi connectivity index (χ1n) is 7.56. The fourth-order valence-electron chi connectivity index (χ4n) is 3.24. The number of amides is 1. The third-order valence-corrected chi connectivity index (χ3v) is 4.74. The average molecular weight is 309 g/mol. The zero-order valence-electron chi connectivity index (χ0n) is 12.0. The Labute approximate surface area is 130 Å². The molecule has 3 rings (SSSR count). The molecule has 0 radical (unpaired) electrons. The normalized spacial score (nSPS) is 26.2. The molecule has 1 aliphatic carbocycles. The van der Waals surface area contributed by atoms with E-state index in [0.717, 1.165) is 51.3 Å². The van der Waals surface area contributed by atoms with E-state index in [0.29, 0.717) is 5.02 Å². The van der Waals surface area contributed by atoms with Gasteiger partial charge in [0.2, 0.25) is 5.91 Å². The minimum Gasteiger partial charge on any atom is -0.353 e. The van der Waals surface area contributed by atoms with Gasteiger partial charge in [-0.1, -0.05) is 18.0 Å². The number of piperazine rings is 1. The molecule has 1 saturated carbocycles. The third kappa shape index (κ3) is 3.14. The lowest BCUT2D eigenvalue weighted by Gasteiger charge is -2.37. The zero-order chi connectivity index (χ0) is 14.8. The largest absolute Gasteiger partial charge is 0.353 e. The molecular weight excluding hydrogens is 288 g/mol. The van der Waals surface area contributed by atoms with Gasteiger partial charge in [-0.05, 0) is 25.0 Å². The Bertz CT molecular complexity index is 499. The van der Waals surface area contributed by atoms with Gasteiger partial charge in [0.1, 0.15) is 5.82 Å². The molecular formula is C15H21ClN4O. The Morgan fingerprint density at radius 1 is 1.24 bits per heavy atom. The molecule has 1 aromatic heterocycles. The summed E-state index contributed by atoms with van der Waals surface area (Å²) in [4.78, 5) is 21.0. The summed E-state index contributed by atoms with van der Waals surface area (Å²) in [6.45, 7) is 3.10. The number of anilines is 1. The van der Waals surface area contributed by atoms with Crippen LogP contribution in [0.2, 0.25) is 5.02 Å². The maximum absolute atomic E-state index is 12.5. The van der Waals surface area contributed by atoms with Crippen LogP contribution in [0.15, 0.2) is 18.3 Å². The fourth-order valence-corrected chi connectivity index (χ4v) is 3.35. The lowest BCUT2D eigenvalue weighted by molar-refractivity contribution is -0.136. The first-order chi connectivity index (χ1) is 10.1. The molecule has 0 spiro atoms. The lowest BCUT2D eigenvalue weighted by atomic mass is 10.0. The van der Waals surface area contributed by atoms with Crippen LogP contribution in [0.25, 0.3) is 0 Å². The van der Waals surface area contributed by atoms with E-state index in [9.17, 15) is 4.79 Å². The second-order valence-corrected chi connectivity index (χ2v) is 6.28. The summed E-state index contributed by atoms with van der Waals surface area (Å²) < 4.78 is 0.